The summed E-state index contributed by atoms with van der Waals surface area (Å²) in [4.78, 5) is 28.2. The van der Waals surface area contributed by atoms with Crippen LogP contribution in [0.15, 0.2) is 53.7 Å². The van der Waals surface area contributed by atoms with E-state index in [0.717, 1.165) is 12.0 Å². The Morgan fingerprint density at radius 1 is 1.17 bits per heavy atom. The summed E-state index contributed by atoms with van der Waals surface area (Å²) in [5, 5.41) is -0.333. The molecule has 2 atom stereocenters. The van der Waals surface area contributed by atoms with E-state index >= 15 is 0 Å². The molecule has 3 aromatic rings. The normalized spacial score (nSPS) is 17.9. The summed E-state index contributed by atoms with van der Waals surface area (Å²) in [6.07, 6.45) is 2.60. The number of hydrogen-bond acceptors (Lipinski definition) is 9. The van der Waals surface area contributed by atoms with Crippen molar-refractivity contribution in [3.63, 3.8) is 0 Å². The largest absolute Gasteiger partial charge is 0.475 e. The molecule has 1 aliphatic heterocycles. The Morgan fingerprint density at radius 3 is 2.56 bits per heavy atom. The van der Waals surface area contributed by atoms with Gasteiger partial charge in [0.05, 0.1) is 17.4 Å². The first kappa shape index (κ1) is 25.4. The Kier molecular flexibility index (Phi) is 7.11. The van der Waals surface area contributed by atoms with Crippen molar-refractivity contribution in [1.29, 1.82) is 0 Å². The molecule has 4 rings (SSSR count). The van der Waals surface area contributed by atoms with E-state index in [1.54, 1.807) is 24.4 Å². The molecule has 0 aliphatic carbocycles. The van der Waals surface area contributed by atoms with Gasteiger partial charge in [-0.15, -0.1) is 0 Å². The smallest absolute Gasteiger partial charge is 0.281 e. The molecule has 1 amide bonds. The number of nitrogens with zero attached hydrogens (tertiary/aromatic N) is 4. The zero-order valence-electron chi connectivity index (χ0n) is 20.7. The zero-order valence-corrected chi connectivity index (χ0v) is 21.5. The molecule has 2 unspecified atom stereocenters. The maximum atomic E-state index is 13.2. The van der Waals surface area contributed by atoms with Crippen LogP contribution in [-0.4, -0.2) is 48.0 Å². The molecule has 0 bridgehead atoms. The van der Waals surface area contributed by atoms with Crippen molar-refractivity contribution in [2.75, 3.05) is 17.2 Å². The van der Waals surface area contributed by atoms with Crippen molar-refractivity contribution >= 4 is 27.6 Å². The van der Waals surface area contributed by atoms with Gasteiger partial charge >= 0.3 is 0 Å². The minimum atomic E-state index is -4.23. The fourth-order valence-corrected chi connectivity index (χ4v) is 5.20. The van der Waals surface area contributed by atoms with E-state index in [2.05, 4.69) is 28.5 Å². The summed E-state index contributed by atoms with van der Waals surface area (Å²) in [6, 6.07) is 11.2. The number of nitrogen functional groups attached to an aromatic ring is 1. The standard InChI is InChI=1S/C25H30N6O4S.2H2/c1-15(2)35-22-11-8-18(13-27-22)20-10-9-19(24(28-20)31-14-16(3)12-17(31)4)25(32)30-36(33,34)23-7-5-6-21(26)29-23;;/h5-11,13,15-17H,12,14H2,1-4H3,(H2,26,29)(H,30,32);2*1H. The van der Waals surface area contributed by atoms with E-state index < -0.39 is 15.9 Å². The highest BCUT2D eigenvalue weighted by atomic mass is 32.2. The van der Waals surface area contributed by atoms with E-state index in [1.807, 2.05) is 24.8 Å². The van der Waals surface area contributed by atoms with Gasteiger partial charge in [-0.05, 0) is 63.4 Å². The number of anilines is 2. The first-order valence-corrected chi connectivity index (χ1v) is 13.2. The van der Waals surface area contributed by atoms with Crippen LogP contribution in [0.3, 0.4) is 0 Å². The van der Waals surface area contributed by atoms with Crippen molar-refractivity contribution in [2.45, 2.75) is 51.3 Å². The van der Waals surface area contributed by atoms with Gasteiger partial charge in [0.1, 0.15) is 11.6 Å². The Bertz CT molecular complexity index is 1370. The number of nitrogens with one attached hydrogen (secondary N) is 1. The highest BCUT2D eigenvalue weighted by Gasteiger charge is 2.32. The van der Waals surface area contributed by atoms with E-state index in [0.29, 0.717) is 29.9 Å². The van der Waals surface area contributed by atoms with Crippen molar-refractivity contribution < 1.29 is 20.8 Å². The number of aromatic nitrogens is 3. The lowest BCUT2D eigenvalue weighted by atomic mass is 10.1. The molecule has 4 heterocycles. The van der Waals surface area contributed by atoms with Gasteiger partial charge < -0.3 is 15.4 Å². The number of carbonyl (C=O) groups excluding carboxylic acids is 1. The van der Waals surface area contributed by atoms with Crippen LogP contribution in [0, 0.1) is 5.92 Å². The highest BCUT2D eigenvalue weighted by molar-refractivity contribution is 7.90. The fourth-order valence-electron chi connectivity index (χ4n) is 4.25. The minimum Gasteiger partial charge on any atom is -0.475 e. The average Bonchev–Trinajstić information content (AvgIpc) is 3.16. The maximum Gasteiger partial charge on any atom is 0.281 e. The summed E-state index contributed by atoms with van der Waals surface area (Å²) in [5.41, 5.74) is 7.13. The number of hydrogen-bond donors (Lipinski definition) is 2. The van der Waals surface area contributed by atoms with E-state index in [1.165, 1.54) is 18.2 Å². The number of rotatable bonds is 7. The number of ether oxygens (including phenoxy) is 1. The highest BCUT2D eigenvalue weighted by Crippen LogP contribution is 2.32. The third-order valence-corrected chi connectivity index (χ3v) is 7.04. The Hall–Kier alpha value is -3.73. The summed E-state index contributed by atoms with van der Waals surface area (Å²) in [6.45, 7) is 8.74. The summed E-state index contributed by atoms with van der Waals surface area (Å²) in [7, 11) is -4.23. The molecule has 0 radical (unpaired) electrons. The van der Waals surface area contributed by atoms with Crippen LogP contribution in [-0.2, 0) is 10.0 Å². The van der Waals surface area contributed by atoms with E-state index in [4.69, 9.17) is 15.5 Å². The summed E-state index contributed by atoms with van der Waals surface area (Å²) in [5.74, 6) is 0.567. The molecule has 0 saturated carbocycles. The fraction of sp³-hybridized carbons (Fsp3) is 0.360. The summed E-state index contributed by atoms with van der Waals surface area (Å²) < 4.78 is 33.3. The molecule has 11 heteroatoms. The zero-order chi connectivity index (χ0) is 26.0. The van der Waals surface area contributed by atoms with Gasteiger partial charge in [-0.3, -0.25) is 4.79 Å². The van der Waals surface area contributed by atoms with Gasteiger partial charge in [0, 0.05) is 33.3 Å². The lowest BCUT2D eigenvalue weighted by Crippen LogP contribution is -2.35. The molecule has 10 nitrogen and oxygen atoms in total. The van der Waals surface area contributed by atoms with Gasteiger partial charge in [-0.25, -0.2) is 19.7 Å². The van der Waals surface area contributed by atoms with Crippen molar-refractivity contribution in [1.82, 2.24) is 19.7 Å². The number of sulfonamides is 1. The van der Waals surface area contributed by atoms with Crippen LogP contribution in [0.1, 0.15) is 47.3 Å². The van der Waals surface area contributed by atoms with Crippen LogP contribution in [0.5, 0.6) is 5.88 Å². The summed E-state index contributed by atoms with van der Waals surface area (Å²) >= 11 is 0. The van der Waals surface area contributed by atoms with E-state index in [9.17, 15) is 13.2 Å². The number of amides is 1. The second-order valence-corrected chi connectivity index (χ2v) is 10.9. The number of nitrogens with two attached hydrogens (primary N) is 1. The average molecular weight is 515 g/mol. The van der Waals surface area contributed by atoms with Gasteiger partial charge in [-0.2, -0.15) is 8.42 Å². The second kappa shape index (κ2) is 10.1. The Morgan fingerprint density at radius 2 is 1.94 bits per heavy atom. The second-order valence-electron chi connectivity index (χ2n) is 9.30. The van der Waals surface area contributed by atoms with Crippen LogP contribution in [0.2, 0.25) is 0 Å². The molecule has 36 heavy (non-hydrogen) atoms. The number of carbonyl (C=O) groups is 1. The molecule has 3 aromatic heterocycles. The predicted octanol–water partition coefficient (Wildman–Crippen LogP) is 3.75. The molecule has 194 valence electrons. The van der Waals surface area contributed by atoms with Gasteiger partial charge in [0.2, 0.25) is 5.88 Å². The van der Waals surface area contributed by atoms with Gasteiger partial charge in [0.25, 0.3) is 15.9 Å². The van der Waals surface area contributed by atoms with Crippen LogP contribution in [0.25, 0.3) is 11.3 Å². The third-order valence-electron chi connectivity index (χ3n) is 5.81. The van der Waals surface area contributed by atoms with Gasteiger partial charge in [0.15, 0.2) is 5.03 Å². The molecule has 1 fully saturated rings. The number of pyridine rings is 3. The first-order valence-electron chi connectivity index (χ1n) is 11.7. The molecule has 0 aromatic carbocycles. The Labute approximate surface area is 214 Å². The monoisotopic (exact) mass is 514 g/mol. The van der Waals surface area contributed by atoms with Crippen molar-refractivity contribution in [3.8, 4) is 17.1 Å². The van der Waals surface area contributed by atoms with Crippen LogP contribution in [0.4, 0.5) is 11.6 Å². The minimum absolute atomic E-state index is 0. The molecule has 1 aliphatic rings. The maximum absolute atomic E-state index is 13.2. The van der Waals surface area contributed by atoms with Crippen molar-refractivity contribution in [2.24, 2.45) is 5.92 Å². The molecular weight excluding hydrogens is 480 g/mol. The van der Waals surface area contributed by atoms with Crippen molar-refractivity contribution in [3.05, 3.63) is 54.2 Å². The van der Waals surface area contributed by atoms with Crippen LogP contribution < -0.4 is 20.1 Å². The Balaban J connectivity index is 0.00000253. The quantitative estimate of drug-likeness (QED) is 0.482. The third kappa shape index (κ3) is 5.56. The van der Waals surface area contributed by atoms with Gasteiger partial charge in [-0.1, -0.05) is 13.0 Å². The lowest BCUT2D eigenvalue weighted by Gasteiger charge is -2.25. The predicted molar refractivity (Wildman–Crippen MR) is 141 cm³/mol. The van der Waals surface area contributed by atoms with E-state index in [-0.39, 0.29) is 31.4 Å². The first-order chi connectivity index (χ1) is 17.0. The molecule has 0 spiro atoms. The SMILES string of the molecule is CC1CC(C)N(c2nc(-c3ccc(OC(C)C)nc3)ccc2C(=O)NS(=O)(=O)c2cccc(N)n2)C1.[HH].[HH]. The topological polar surface area (TPSA) is 140 Å². The molecule has 3 N–H and O–H groups in total. The lowest BCUT2D eigenvalue weighted by molar-refractivity contribution is 0.0981. The molecular formula is C25H34N6O4S. The van der Waals surface area contributed by atoms with Crippen LogP contribution >= 0.6 is 0 Å². The molecule has 1 saturated heterocycles.